The second-order valence-corrected chi connectivity index (χ2v) is 7.72. The van der Waals surface area contributed by atoms with Crippen molar-refractivity contribution in [3.63, 3.8) is 0 Å². The molecule has 5 rings (SSSR count). The lowest BCUT2D eigenvalue weighted by atomic mass is 10.2. The molecular weight excluding hydrogens is 384 g/mol. The van der Waals surface area contributed by atoms with Crippen LogP contribution in [0.5, 0.6) is 0 Å². The maximum Gasteiger partial charge on any atom is 0.274 e. The smallest absolute Gasteiger partial charge is 0.274 e. The number of thiophene rings is 1. The molecule has 4 aromatic rings. The van der Waals surface area contributed by atoms with Crippen LogP contribution in [-0.4, -0.2) is 57.2 Å². The van der Waals surface area contributed by atoms with Gasteiger partial charge in [0.1, 0.15) is 11.4 Å². The van der Waals surface area contributed by atoms with Gasteiger partial charge in [-0.1, -0.05) is 18.2 Å². The molecule has 1 aromatic carbocycles. The first-order valence-electron chi connectivity index (χ1n) is 9.41. The van der Waals surface area contributed by atoms with Gasteiger partial charge in [0.15, 0.2) is 5.82 Å². The van der Waals surface area contributed by atoms with Crippen molar-refractivity contribution >= 4 is 34.1 Å². The molecular formula is C21H18N6OS. The van der Waals surface area contributed by atoms with Gasteiger partial charge >= 0.3 is 0 Å². The van der Waals surface area contributed by atoms with Crippen LogP contribution >= 0.6 is 11.3 Å². The number of amides is 1. The van der Waals surface area contributed by atoms with E-state index in [0.717, 1.165) is 27.4 Å². The first-order valence-corrected chi connectivity index (χ1v) is 10.3. The molecule has 1 amide bonds. The second-order valence-electron chi connectivity index (χ2n) is 6.78. The van der Waals surface area contributed by atoms with Crippen LogP contribution < -0.4 is 4.90 Å². The Bertz CT molecular complexity index is 1140. The molecule has 0 unspecified atom stereocenters. The Hall–Kier alpha value is -3.39. The molecule has 0 saturated carbocycles. The average Bonchev–Trinajstić information content (AvgIpc) is 3.33. The van der Waals surface area contributed by atoms with E-state index in [4.69, 9.17) is 0 Å². The predicted molar refractivity (Wildman–Crippen MR) is 113 cm³/mol. The monoisotopic (exact) mass is 402 g/mol. The maximum absolute atomic E-state index is 12.8. The molecule has 0 radical (unpaired) electrons. The molecule has 0 aliphatic carbocycles. The van der Waals surface area contributed by atoms with Crippen molar-refractivity contribution in [2.75, 3.05) is 31.1 Å². The van der Waals surface area contributed by atoms with Crippen molar-refractivity contribution in [2.24, 2.45) is 0 Å². The van der Waals surface area contributed by atoms with Crippen molar-refractivity contribution < 1.29 is 4.79 Å². The minimum Gasteiger partial charge on any atom is -0.352 e. The van der Waals surface area contributed by atoms with E-state index in [0.29, 0.717) is 31.9 Å². The first kappa shape index (κ1) is 17.7. The van der Waals surface area contributed by atoms with Crippen LogP contribution in [0.15, 0.2) is 60.1 Å². The van der Waals surface area contributed by atoms with Gasteiger partial charge in [0.2, 0.25) is 0 Å². The number of hydrogen-bond acceptors (Lipinski definition) is 7. The average molecular weight is 402 g/mol. The van der Waals surface area contributed by atoms with Crippen molar-refractivity contribution in [3.05, 3.63) is 65.8 Å². The number of carbonyl (C=O) groups is 1. The summed E-state index contributed by atoms with van der Waals surface area (Å²) >= 11 is 1.65. The highest BCUT2D eigenvalue weighted by molar-refractivity contribution is 7.13. The highest BCUT2D eigenvalue weighted by Gasteiger charge is 2.24. The Balaban J connectivity index is 1.25. The first-order chi connectivity index (χ1) is 14.3. The molecule has 0 spiro atoms. The summed E-state index contributed by atoms with van der Waals surface area (Å²) in [6, 6.07) is 15.6. The zero-order chi connectivity index (χ0) is 19.6. The van der Waals surface area contributed by atoms with Gasteiger partial charge in [0, 0.05) is 26.2 Å². The summed E-state index contributed by atoms with van der Waals surface area (Å²) in [5.41, 5.74) is 2.79. The molecule has 1 fully saturated rings. The molecule has 1 aliphatic heterocycles. The summed E-state index contributed by atoms with van der Waals surface area (Å²) in [6.45, 7) is 2.64. The summed E-state index contributed by atoms with van der Waals surface area (Å²) < 4.78 is 0. The van der Waals surface area contributed by atoms with Crippen LogP contribution in [0.1, 0.15) is 10.5 Å². The van der Waals surface area contributed by atoms with E-state index in [-0.39, 0.29) is 5.91 Å². The topological polar surface area (TPSA) is 75.1 Å². The van der Waals surface area contributed by atoms with E-state index in [2.05, 4.69) is 25.1 Å². The molecule has 144 valence electrons. The third-order valence-electron chi connectivity index (χ3n) is 4.98. The zero-order valence-corrected chi connectivity index (χ0v) is 16.4. The van der Waals surface area contributed by atoms with Gasteiger partial charge in [-0.3, -0.25) is 9.78 Å². The van der Waals surface area contributed by atoms with Gasteiger partial charge in [-0.2, -0.15) is 0 Å². The number of anilines is 1. The van der Waals surface area contributed by atoms with Gasteiger partial charge in [-0.05, 0) is 35.7 Å². The maximum atomic E-state index is 12.8. The summed E-state index contributed by atoms with van der Waals surface area (Å²) in [5, 5.41) is 10.8. The highest BCUT2D eigenvalue weighted by Crippen LogP contribution is 2.23. The van der Waals surface area contributed by atoms with Gasteiger partial charge < -0.3 is 9.80 Å². The van der Waals surface area contributed by atoms with Crippen LogP contribution in [0.3, 0.4) is 0 Å². The Morgan fingerprint density at radius 3 is 2.45 bits per heavy atom. The summed E-state index contributed by atoms with van der Waals surface area (Å²) in [5.74, 6) is 0.755. The number of para-hydroxylation sites is 2. The van der Waals surface area contributed by atoms with Gasteiger partial charge in [0.25, 0.3) is 5.91 Å². The number of aromatic nitrogens is 4. The number of piperazine rings is 1. The Kier molecular flexibility index (Phi) is 4.61. The summed E-state index contributed by atoms with van der Waals surface area (Å²) in [7, 11) is 0. The molecule has 1 aliphatic rings. The van der Waals surface area contributed by atoms with Crippen molar-refractivity contribution in [2.45, 2.75) is 0 Å². The van der Waals surface area contributed by atoms with E-state index in [1.807, 2.05) is 58.8 Å². The normalized spacial score (nSPS) is 14.3. The van der Waals surface area contributed by atoms with Crippen molar-refractivity contribution in [1.82, 2.24) is 25.1 Å². The number of hydrogen-bond donors (Lipinski definition) is 0. The fourth-order valence-electron chi connectivity index (χ4n) is 3.41. The minimum atomic E-state index is -0.0815. The van der Waals surface area contributed by atoms with E-state index >= 15 is 0 Å². The molecule has 8 heteroatoms. The molecule has 0 bridgehead atoms. The third-order valence-corrected chi connectivity index (χ3v) is 5.88. The fourth-order valence-corrected chi connectivity index (χ4v) is 4.10. The lowest BCUT2D eigenvalue weighted by Crippen LogP contribution is -2.49. The van der Waals surface area contributed by atoms with E-state index in [1.54, 1.807) is 17.5 Å². The van der Waals surface area contributed by atoms with E-state index in [9.17, 15) is 4.79 Å². The Morgan fingerprint density at radius 2 is 1.72 bits per heavy atom. The van der Waals surface area contributed by atoms with Crippen LogP contribution in [0, 0.1) is 0 Å². The Labute approximate surface area is 171 Å². The number of rotatable bonds is 3. The summed E-state index contributed by atoms with van der Waals surface area (Å²) in [4.78, 5) is 26.7. The summed E-state index contributed by atoms with van der Waals surface area (Å²) in [6.07, 6.45) is 1.56. The lowest BCUT2D eigenvalue weighted by molar-refractivity contribution is 0.0740. The van der Waals surface area contributed by atoms with Crippen LogP contribution in [-0.2, 0) is 0 Å². The SMILES string of the molecule is O=C(c1cnc2ccccc2n1)N1CCN(c2ccc(-c3cccs3)nn2)CC1. The van der Waals surface area contributed by atoms with Crippen LogP contribution in [0.25, 0.3) is 21.6 Å². The molecule has 1 saturated heterocycles. The highest BCUT2D eigenvalue weighted by atomic mass is 32.1. The van der Waals surface area contributed by atoms with E-state index < -0.39 is 0 Å². The predicted octanol–water partition coefficient (Wildman–Crippen LogP) is 3.11. The second kappa shape index (κ2) is 7.56. The van der Waals surface area contributed by atoms with Crippen molar-refractivity contribution in [3.8, 4) is 10.6 Å². The van der Waals surface area contributed by atoms with Gasteiger partial charge in [-0.25, -0.2) is 4.98 Å². The van der Waals surface area contributed by atoms with Crippen molar-refractivity contribution in [1.29, 1.82) is 0 Å². The zero-order valence-electron chi connectivity index (χ0n) is 15.6. The van der Waals surface area contributed by atoms with Gasteiger partial charge in [-0.15, -0.1) is 21.5 Å². The molecule has 0 N–H and O–H groups in total. The van der Waals surface area contributed by atoms with Crippen LogP contribution in [0.2, 0.25) is 0 Å². The molecule has 29 heavy (non-hydrogen) atoms. The number of fused-ring (bicyclic) bond motifs is 1. The molecule has 4 heterocycles. The van der Waals surface area contributed by atoms with Gasteiger partial charge in [0.05, 0.1) is 22.1 Å². The lowest BCUT2D eigenvalue weighted by Gasteiger charge is -2.35. The standard InChI is InChI=1S/C21H18N6OS/c28-21(18-14-22-15-4-1-2-5-16(15)23-18)27-11-9-26(10-12-27)20-8-7-17(24-25-20)19-6-3-13-29-19/h1-8,13-14H,9-12H2. The fraction of sp³-hybridized carbons (Fsp3) is 0.190. The quantitative estimate of drug-likeness (QED) is 0.524. The molecule has 0 atom stereocenters. The molecule has 7 nitrogen and oxygen atoms in total. The minimum absolute atomic E-state index is 0.0815. The number of benzene rings is 1. The third kappa shape index (κ3) is 3.54. The number of nitrogens with zero attached hydrogens (tertiary/aromatic N) is 6. The molecule has 3 aromatic heterocycles. The van der Waals surface area contributed by atoms with Crippen LogP contribution in [0.4, 0.5) is 5.82 Å². The Morgan fingerprint density at radius 1 is 0.897 bits per heavy atom. The largest absolute Gasteiger partial charge is 0.352 e. The van der Waals surface area contributed by atoms with E-state index in [1.165, 1.54) is 0 Å². The number of carbonyl (C=O) groups excluding carboxylic acids is 1.